The fourth-order valence-corrected chi connectivity index (χ4v) is 1.30. The van der Waals surface area contributed by atoms with E-state index in [4.69, 9.17) is 4.74 Å². The van der Waals surface area contributed by atoms with Crippen molar-refractivity contribution in [3.63, 3.8) is 0 Å². The predicted octanol–water partition coefficient (Wildman–Crippen LogP) is 2.68. The lowest BCUT2D eigenvalue weighted by Gasteiger charge is -2.18. The van der Waals surface area contributed by atoms with Crippen LogP contribution in [0.1, 0.15) is 20.3 Å². The maximum Gasteiger partial charge on any atom is 0.169 e. The Kier molecular flexibility index (Phi) is 3.63. The monoisotopic (exact) mass is 196 g/mol. The van der Waals surface area contributed by atoms with Crippen LogP contribution < -0.4 is 0 Å². The first kappa shape index (κ1) is 10.7. The van der Waals surface area contributed by atoms with Gasteiger partial charge in [-0.25, -0.2) is 4.39 Å². The summed E-state index contributed by atoms with van der Waals surface area (Å²) in [5.41, 5.74) is 0.340. The third-order valence-corrected chi connectivity index (χ3v) is 1.94. The van der Waals surface area contributed by atoms with Crippen molar-refractivity contribution in [2.75, 3.05) is 6.61 Å². The summed E-state index contributed by atoms with van der Waals surface area (Å²) in [4.78, 5) is 11.4. The zero-order valence-corrected chi connectivity index (χ0v) is 8.34. The van der Waals surface area contributed by atoms with Crippen LogP contribution in [0, 0.1) is 0 Å². The molecule has 0 atom stereocenters. The number of carbonyl (C=O) groups is 1. The Hall–Kier alpha value is -1.38. The van der Waals surface area contributed by atoms with Crippen molar-refractivity contribution in [3.8, 4) is 0 Å². The number of carbonyl (C=O) groups excluding carboxylic acids is 1. The Bertz CT molecular complexity index is 324. The number of allylic oxidation sites excluding steroid dienone is 5. The van der Waals surface area contributed by atoms with Crippen LogP contribution in [-0.4, -0.2) is 12.4 Å². The summed E-state index contributed by atoms with van der Waals surface area (Å²) in [7, 11) is 0. The smallest absolute Gasteiger partial charge is 0.169 e. The number of Topliss-reactive ketones (excluding diaryl/α,β-unsaturated/α-hetero) is 1. The summed E-state index contributed by atoms with van der Waals surface area (Å²) >= 11 is 0. The van der Waals surface area contributed by atoms with Gasteiger partial charge in [0.1, 0.15) is 0 Å². The molecular weight excluding hydrogens is 183 g/mol. The molecule has 0 saturated carbocycles. The minimum atomic E-state index is -0.492. The fourth-order valence-electron chi connectivity index (χ4n) is 1.30. The average molecular weight is 196 g/mol. The molecule has 0 N–H and O–H groups in total. The summed E-state index contributed by atoms with van der Waals surface area (Å²) in [6.45, 7) is 3.67. The van der Waals surface area contributed by atoms with Crippen LogP contribution in [0.2, 0.25) is 0 Å². The van der Waals surface area contributed by atoms with E-state index in [1.165, 1.54) is 6.08 Å². The molecule has 0 aromatic rings. The van der Waals surface area contributed by atoms with Crippen LogP contribution in [-0.2, 0) is 9.53 Å². The van der Waals surface area contributed by atoms with Gasteiger partial charge in [-0.15, -0.1) is 0 Å². The molecule has 1 heterocycles. The molecule has 0 aromatic heterocycles. The highest BCUT2D eigenvalue weighted by Gasteiger charge is 2.23. The molecule has 0 radical (unpaired) electrons. The van der Waals surface area contributed by atoms with E-state index in [9.17, 15) is 9.18 Å². The number of hydrogen-bond donors (Lipinski definition) is 0. The molecule has 0 unspecified atom stereocenters. The van der Waals surface area contributed by atoms with Gasteiger partial charge in [0.15, 0.2) is 17.4 Å². The fraction of sp³-hybridized carbons (Fsp3) is 0.364. The Morgan fingerprint density at radius 3 is 2.79 bits per heavy atom. The van der Waals surface area contributed by atoms with Gasteiger partial charge in [0.05, 0.1) is 12.2 Å². The summed E-state index contributed by atoms with van der Waals surface area (Å²) in [5, 5.41) is 0. The van der Waals surface area contributed by atoms with Crippen LogP contribution in [0.5, 0.6) is 0 Å². The lowest BCUT2D eigenvalue weighted by molar-refractivity contribution is -0.117. The second kappa shape index (κ2) is 4.74. The minimum Gasteiger partial charge on any atom is -0.489 e. The van der Waals surface area contributed by atoms with Gasteiger partial charge in [-0.05, 0) is 19.9 Å². The first-order valence-corrected chi connectivity index (χ1v) is 4.55. The van der Waals surface area contributed by atoms with E-state index in [1.54, 1.807) is 26.0 Å². The quantitative estimate of drug-likeness (QED) is 0.603. The summed E-state index contributed by atoms with van der Waals surface area (Å²) in [6.07, 6.45) is 4.77. The lowest BCUT2D eigenvalue weighted by Crippen LogP contribution is -2.17. The molecule has 1 aliphatic rings. The second-order valence-corrected chi connectivity index (χ2v) is 2.90. The first-order valence-electron chi connectivity index (χ1n) is 4.55. The maximum atomic E-state index is 13.4. The number of hydrogen-bond acceptors (Lipinski definition) is 2. The molecule has 0 aromatic carbocycles. The molecule has 1 rings (SSSR count). The van der Waals surface area contributed by atoms with Gasteiger partial charge in [-0.2, -0.15) is 0 Å². The standard InChI is InChI=1S/C11H13FO2/c1-3-5-9(12)11-8(4-2)10(13)6-7-14-11/h3-5H,6-7H2,1-2H3/b5-3+,8-4+,11-9-. The zero-order valence-electron chi connectivity index (χ0n) is 8.34. The van der Waals surface area contributed by atoms with Gasteiger partial charge in [0, 0.05) is 6.42 Å². The molecule has 0 spiro atoms. The van der Waals surface area contributed by atoms with Crippen molar-refractivity contribution >= 4 is 5.78 Å². The molecule has 76 valence electrons. The minimum absolute atomic E-state index is 0.0617. The maximum absolute atomic E-state index is 13.4. The van der Waals surface area contributed by atoms with Crippen molar-refractivity contribution in [2.24, 2.45) is 0 Å². The number of rotatable bonds is 1. The molecule has 1 fully saturated rings. The molecule has 0 aliphatic carbocycles. The molecule has 14 heavy (non-hydrogen) atoms. The van der Waals surface area contributed by atoms with Gasteiger partial charge in [-0.3, -0.25) is 4.79 Å². The Labute approximate surface area is 82.8 Å². The van der Waals surface area contributed by atoms with E-state index < -0.39 is 5.83 Å². The van der Waals surface area contributed by atoms with Crippen molar-refractivity contribution in [2.45, 2.75) is 20.3 Å². The first-order chi connectivity index (χ1) is 6.70. The SMILES string of the molecule is C\C=C1/C(=O)CCO/C1=C(F)/C=C/C. The largest absolute Gasteiger partial charge is 0.489 e. The molecule has 0 amide bonds. The van der Waals surface area contributed by atoms with E-state index in [1.807, 2.05) is 0 Å². The van der Waals surface area contributed by atoms with Gasteiger partial charge in [-0.1, -0.05) is 12.2 Å². The van der Waals surface area contributed by atoms with Gasteiger partial charge < -0.3 is 4.74 Å². The molecule has 1 aliphatic heterocycles. The van der Waals surface area contributed by atoms with Crippen molar-refractivity contribution < 1.29 is 13.9 Å². The third-order valence-electron chi connectivity index (χ3n) is 1.94. The van der Waals surface area contributed by atoms with Crippen molar-refractivity contribution in [3.05, 3.63) is 35.4 Å². The van der Waals surface area contributed by atoms with Crippen LogP contribution in [0.4, 0.5) is 4.39 Å². The Balaban J connectivity index is 3.08. The lowest BCUT2D eigenvalue weighted by atomic mass is 10.0. The van der Waals surface area contributed by atoms with Crippen LogP contribution in [0.3, 0.4) is 0 Å². The van der Waals surface area contributed by atoms with E-state index >= 15 is 0 Å². The van der Waals surface area contributed by atoms with Crippen molar-refractivity contribution in [1.82, 2.24) is 0 Å². The zero-order chi connectivity index (χ0) is 10.6. The highest BCUT2D eigenvalue weighted by Crippen LogP contribution is 2.24. The summed E-state index contributed by atoms with van der Waals surface area (Å²) in [6, 6.07) is 0. The third kappa shape index (κ3) is 2.10. The Morgan fingerprint density at radius 2 is 2.21 bits per heavy atom. The van der Waals surface area contributed by atoms with E-state index in [2.05, 4.69) is 0 Å². The molecular formula is C11H13FO2. The van der Waals surface area contributed by atoms with Crippen LogP contribution in [0.25, 0.3) is 0 Å². The predicted molar refractivity (Wildman–Crippen MR) is 52.3 cm³/mol. The second-order valence-electron chi connectivity index (χ2n) is 2.90. The Morgan fingerprint density at radius 1 is 1.50 bits per heavy atom. The summed E-state index contributed by atoms with van der Waals surface area (Å²) in [5.74, 6) is -0.482. The highest BCUT2D eigenvalue weighted by atomic mass is 19.1. The number of ether oxygens (including phenoxy) is 1. The normalized spacial score (nSPS) is 24.2. The molecule has 1 saturated heterocycles. The van der Waals surface area contributed by atoms with E-state index in [-0.39, 0.29) is 18.1 Å². The van der Waals surface area contributed by atoms with Gasteiger partial charge >= 0.3 is 0 Å². The average Bonchev–Trinajstić information content (AvgIpc) is 2.17. The van der Waals surface area contributed by atoms with Crippen LogP contribution in [0.15, 0.2) is 35.4 Å². The summed E-state index contributed by atoms with van der Waals surface area (Å²) < 4.78 is 18.5. The van der Waals surface area contributed by atoms with E-state index in [0.717, 1.165) is 0 Å². The molecule has 3 heteroatoms. The number of ketones is 1. The van der Waals surface area contributed by atoms with Crippen LogP contribution >= 0.6 is 0 Å². The number of halogens is 1. The highest BCUT2D eigenvalue weighted by molar-refractivity contribution is 5.99. The molecule has 0 bridgehead atoms. The van der Waals surface area contributed by atoms with Gasteiger partial charge in [0.25, 0.3) is 0 Å². The van der Waals surface area contributed by atoms with E-state index in [0.29, 0.717) is 12.0 Å². The molecule has 2 nitrogen and oxygen atoms in total. The topological polar surface area (TPSA) is 26.3 Å². The van der Waals surface area contributed by atoms with Gasteiger partial charge in [0.2, 0.25) is 0 Å². The van der Waals surface area contributed by atoms with Crippen molar-refractivity contribution in [1.29, 1.82) is 0 Å².